The molecular formula is C12H24N2. The van der Waals surface area contributed by atoms with Crippen LogP contribution in [0.1, 0.15) is 44.9 Å². The van der Waals surface area contributed by atoms with E-state index in [0.29, 0.717) is 0 Å². The van der Waals surface area contributed by atoms with Crippen LogP contribution in [0.5, 0.6) is 0 Å². The molecule has 1 heterocycles. The summed E-state index contributed by atoms with van der Waals surface area (Å²) in [6.45, 7) is 2.51. The molecule has 0 aromatic carbocycles. The molecule has 14 heavy (non-hydrogen) atoms. The van der Waals surface area contributed by atoms with Crippen molar-refractivity contribution >= 4 is 0 Å². The molecule has 2 fully saturated rings. The molecule has 1 saturated heterocycles. The molecule has 2 heteroatoms. The first-order valence-corrected chi connectivity index (χ1v) is 6.30. The number of rotatable bonds is 3. The zero-order chi connectivity index (χ0) is 9.80. The molecule has 1 aliphatic carbocycles. The molecule has 0 amide bonds. The van der Waals surface area contributed by atoms with Crippen molar-refractivity contribution in [2.75, 3.05) is 20.1 Å². The largest absolute Gasteiger partial charge is 0.313 e. The first-order valence-electron chi connectivity index (χ1n) is 6.30. The molecule has 1 aliphatic heterocycles. The van der Waals surface area contributed by atoms with Crippen LogP contribution in [0.25, 0.3) is 0 Å². The molecular weight excluding hydrogens is 172 g/mol. The van der Waals surface area contributed by atoms with Crippen molar-refractivity contribution in [2.24, 2.45) is 0 Å². The van der Waals surface area contributed by atoms with Crippen LogP contribution in [0.3, 0.4) is 0 Å². The summed E-state index contributed by atoms with van der Waals surface area (Å²) in [5.74, 6) is 0. The van der Waals surface area contributed by atoms with E-state index in [1.54, 1.807) is 0 Å². The zero-order valence-electron chi connectivity index (χ0n) is 9.47. The quantitative estimate of drug-likeness (QED) is 0.743. The van der Waals surface area contributed by atoms with Crippen LogP contribution in [0.2, 0.25) is 0 Å². The van der Waals surface area contributed by atoms with Crippen LogP contribution in [0.4, 0.5) is 0 Å². The SMILES string of the molecule is CN(C[C@H]1CCCN1)C1CCCCC1. The second-order valence-electron chi connectivity index (χ2n) is 5.02. The number of nitrogens with zero attached hydrogens (tertiary/aromatic N) is 1. The Bertz CT molecular complexity index is 158. The highest BCUT2D eigenvalue weighted by Crippen LogP contribution is 2.22. The smallest absolute Gasteiger partial charge is 0.0195 e. The maximum atomic E-state index is 3.58. The van der Waals surface area contributed by atoms with E-state index in [0.717, 1.165) is 12.1 Å². The Morgan fingerprint density at radius 3 is 2.50 bits per heavy atom. The van der Waals surface area contributed by atoms with Crippen molar-refractivity contribution in [3.8, 4) is 0 Å². The highest BCUT2D eigenvalue weighted by atomic mass is 15.2. The standard InChI is InChI=1S/C12H24N2/c1-14(10-11-6-5-9-13-11)12-7-3-2-4-8-12/h11-13H,2-10H2,1H3/t11-/m1/s1. The summed E-state index contributed by atoms with van der Waals surface area (Å²) in [7, 11) is 2.32. The van der Waals surface area contributed by atoms with Gasteiger partial charge in [-0.2, -0.15) is 0 Å². The molecule has 0 radical (unpaired) electrons. The van der Waals surface area contributed by atoms with Gasteiger partial charge in [0.05, 0.1) is 0 Å². The minimum absolute atomic E-state index is 0.780. The first-order chi connectivity index (χ1) is 6.86. The van der Waals surface area contributed by atoms with E-state index >= 15 is 0 Å². The molecule has 2 aliphatic rings. The molecule has 1 atom stereocenters. The first kappa shape index (κ1) is 10.4. The topological polar surface area (TPSA) is 15.3 Å². The molecule has 82 valence electrons. The van der Waals surface area contributed by atoms with Crippen molar-refractivity contribution in [1.29, 1.82) is 0 Å². The minimum atomic E-state index is 0.780. The Morgan fingerprint density at radius 2 is 1.86 bits per heavy atom. The number of likely N-dealkylation sites (N-methyl/N-ethyl adjacent to an activating group) is 1. The van der Waals surface area contributed by atoms with E-state index in [9.17, 15) is 0 Å². The Kier molecular flexibility index (Phi) is 3.82. The van der Waals surface area contributed by atoms with E-state index in [4.69, 9.17) is 0 Å². The maximum Gasteiger partial charge on any atom is 0.0195 e. The Hall–Kier alpha value is -0.0800. The summed E-state index contributed by atoms with van der Waals surface area (Å²) in [6, 6.07) is 1.66. The second kappa shape index (κ2) is 5.13. The fourth-order valence-electron chi connectivity index (χ4n) is 2.93. The summed E-state index contributed by atoms with van der Waals surface area (Å²) < 4.78 is 0. The lowest BCUT2D eigenvalue weighted by molar-refractivity contribution is 0.178. The Morgan fingerprint density at radius 1 is 1.07 bits per heavy atom. The van der Waals surface area contributed by atoms with Gasteiger partial charge in [0.15, 0.2) is 0 Å². The van der Waals surface area contributed by atoms with Gasteiger partial charge in [0.25, 0.3) is 0 Å². The summed E-state index contributed by atoms with van der Waals surface area (Å²) >= 11 is 0. The fourth-order valence-corrected chi connectivity index (χ4v) is 2.93. The van der Waals surface area contributed by atoms with Gasteiger partial charge in [-0.3, -0.25) is 0 Å². The molecule has 1 saturated carbocycles. The van der Waals surface area contributed by atoms with Gasteiger partial charge in [-0.1, -0.05) is 19.3 Å². The molecule has 1 N–H and O–H groups in total. The lowest BCUT2D eigenvalue weighted by atomic mass is 9.94. The molecule has 0 unspecified atom stereocenters. The van der Waals surface area contributed by atoms with Gasteiger partial charge in [-0.05, 0) is 39.3 Å². The van der Waals surface area contributed by atoms with Crippen LogP contribution in [0.15, 0.2) is 0 Å². The summed E-state index contributed by atoms with van der Waals surface area (Å²) in [5.41, 5.74) is 0. The zero-order valence-corrected chi connectivity index (χ0v) is 9.47. The van der Waals surface area contributed by atoms with Crippen LogP contribution in [-0.2, 0) is 0 Å². The van der Waals surface area contributed by atoms with Gasteiger partial charge >= 0.3 is 0 Å². The average Bonchev–Trinajstić information content (AvgIpc) is 2.72. The van der Waals surface area contributed by atoms with Crippen LogP contribution >= 0.6 is 0 Å². The minimum Gasteiger partial charge on any atom is -0.313 e. The van der Waals surface area contributed by atoms with E-state index in [1.165, 1.54) is 58.0 Å². The summed E-state index contributed by atoms with van der Waals surface area (Å²) in [6.07, 6.45) is 10.00. The van der Waals surface area contributed by atoms with Gasteiger partial charge in [0, 0.05) is 18.6 Å². The average molecular weight is 196 g/mol. The van der Waals surface area contributed by atoms with Gasteiger partial charge in [0.2, 0.25) is 0 Å². The van der Waals surface area contributed by atoms with Crippen molar-refractivity contribution in [2.45, 2.75) is 57.0 Å². The predicted molar refractivity (Wildman–Crippen MR) is 60.5 cm³/mol. The highest BCUT2D eigenvalue weighted by molar-refractivity contribution is 4.81. The Labute approximate surface area is 88.1 Å². The highest BCUT2D eigenvalue weighted by Gasteiger charge is 2.22. The second-order valence-corrected chi connectivity index (χ2v) is 5.02. The third-order valence-electron chi connectivity index (χ3n) is 3.87. The molecule has 0 spiro atoms. The third-order valence-corrected chi connectivity index (χ3v) is 3.87. The van der Waals surface area contributed by atoms with Crippen molar-refractivity contribution < 1.29 is 0 Å². The van der Waals surface area contributed by atoms with Gasteiger partial charge < -0.3 is 10.2 Å². The summed E-state index contributed by atoms with van der Waals surface area (Å²) in [5, 5.41) is 3.58. The lowest BCUT2D eigenvalue weighted by Gasteiger charge is -2.32. The predicted octanol–water partition coefficient (Wildman–Crippen LogP) is 2.00. The molecule has 2 rings (SSSR count). The molecule has 2 nitrogen and oxygen atoms in total. The normalized spacial score (nSPS) is 30.0. The van der Waals surface area contributed by atoms with Crippen molar-refractivity contribution in [3.05, 3.63) is 0 Å². The number of hydrogen-bond acceptors (Lipinski definition) is 2. The van der Waals surface area contributed by atoms with Crippen molar-refractivity contribution in [3.63, 3.8) is 0 Å². The van der Waals surface area contributed by atoms with Crippen LogP contribution in [-0.4, -0.2) is 37.1 Å². The molecule has 0 aromatic rings. The Balaban J connectivity index is 1.72. The van der Waals surface area contributed by atoms with E-state index < -0.39 is 0 Å². The number of nitrogens with one attached hydrogen (secondary N) is 1. The van der Waals surface area contributed by atoms with Gasteiger partial charge in [-0.25, -0.2) is 0 Å². The fraction of sp³-hybridized carbons (Fsp3) is 1.00. The van der Waals surface area contributed by atoms with Crippen molar-refractivity contribution in [1.82, 2.24) is 10.2 Å². The lowest BCUT2D eigenvalue weighted by Crippen LogP contribution is -2.41. The molecule has 0 bridgehead atoms. The summed E-state index contributed by atoms with van der Waals surface area (Å²) in [4.78, 5) is 2.60. The molecule has 0 aromatic heterocycles. The monoisotopic (exact) mass is 196 g/mol. The third kappa shape index (κ3) is 2.71. The maximum absolute atomic E-state index is 3.58. The van der Waals surface area contributed by atoms with E-state index in [1.807, 2.05) is 0 Å². The van der Waals surface area contributed by atoms with Crippen LogP contribution in [0, 0.1) is 0 Å². The van der Waals surface area contributed by atoms with Gasteiger partial charge in [-0.15, -0.1) is 0 Å². The number of hydrogen-bond donors (Lipinski definition) is 1. The van der Waals surface area contributed by atoms with Crippen LogP contribution < -0.4 is 5.32 Å². The van der Waals surface area contributed by atoms with E-state index in [-0.39, 0.29) is 0 Å². The van der Waals surface area contributed by atoms with E-state index in [2.05, 4.69) is 17.3 Å². The van der Waals surface area contributed by atoms with Gasteiger partial charge in [0.1, 0.15) is 0 Å².